The number of ether oxygens (including phenoxy) is 1. The lowest BCUT2D eigenvalue weighted by Crippen LogP contribution is -2.51. The molecule has 1 aromatic rings. The van der Waals surface area contributed by atoms with E-state index >= 15 is 0 Å². The molecule has 146 valence electrons. The summed E-state index contributed by atoms with van der Waals surface area (Å²) in [6.07, 6.45) is -4.91. The maximum absolute atomic E-state index is 13.1. The third-order valence-corrected chi connectivity index (χ3v) is 3.07. The number of carbonyl (C=O) groups is 2. The lowest BCUT2D eigenvalue weighted by atomic mass is 10.1. The van der Waals surface area contributed by atoms with Crippen LogP contribution in [-0.2, 0) is 11.0 Å². The van der Waals surface area contributed by atoms with Gasteiger partial charge in [0, 0.05) is 5.56 Å². The summed E-state index contributed by atoms with van der Waals surface area (Å²) in [5, 5.41) is 20.0. The molecule has 0 spiro atoms. The molecule has 26 heavy (non-hydrogen) atoms. The van der Waals surface area contributed by atoms with Crippen LogP contribution in [0.15, 0.2) is 30.9 Å². The second-order valence-electron chi connectivity index (χ2n) is 4.98. The van der Waals surface area contributed by atoms with Gasteiger partial charge in [-0.15, -0.1) is 0 Å². The fourth-order valence-corrected chi connectivity index (χ4v) is 1.87. The highest BCUT2D eigenvalue weighted by Crippen LogP contribution is 2.36. The Bertz CT molecular complexity index is 647. The molecule has 0 aliphatic heterocycles. The second-order valence-corrected chi connectivity index (χ2v) is 4.98. The van der Waals surface area contributed by atoms with Crippen molar-refractivity contribution in [2.24, 2.45) is 0 Å². The first kappa shape index (κ1) is 23.4. The lowest BCUT2D eigenvalue weighted by Gasteiger charge is -2.20. The summed E-state index contributed by atoms with van der Waals surface area (Å²) in [4.78, 5) is 23.4. The van der Waals surface area contributed by atoms with Gasteiger partial charge in [0.05, 0.1) is 11.7 Å². The summed E-state index contributed by atoms with van der Waals surface area (Å²) in [5.41, 5.74) is -0.338. The Morgan fingerprint density at radius 2 is 2.00 bits per heavy atom. The fourth-order valence-electron chi connectivity index (χ4n) is 1.87. The van der Waals surface area contributed by atoms with Crippen LogP contribution in [0.3, 0.4) is 0 Å². The zero-order valence-corrected chi connectivity index (χ0v) is 13.1. The van der Waals surface area contributed by atoms with Crippen molar-refractivity contribution in [2.45, 2.75) is 32.7 Å². The highest BCUT2D eigenvalue weighted by atomic mass is 19.4. The number of benzene rings is 1. The van der Waals surface area contributed by atoms with Crippen molar-refractivity contribution in [3.8, 4) is 5.75 Å². The monoisotopic (exact) mass is 378 g/mol. The zero-order valence-electron chi connectivity index (χ0n) is 13.1. The minimum atomic E-state index is -4.78. The van der Waals surface area contributed by atoms with Gasteiger partial charge in [0.2, 0.25) is 0 Å². The van der Waals surface area contributed by atoms with E-state index in [1.54, 1.807) is 0 Å². The van der Waals surface area contributed by atoms with Crippen LogP contribution in [0.1, 0.15) is 30.3 Å². The van der Waals surface area contributed by atoms with Crippen LogP contribution < -0.4 is 15.5 Å². The minimum absolute atomic E-state index is 0. The highest BCUT2D eigenvalue weighted by molar-refractivity contribution is 5.97. The van der Waals surface area contributed by atoms with Gasteiger partial charge in [-0.3, -0.25) is 14.8 Å². The molecule has 0 aliphatic rings. The Labute approximate surface area is 148 Å². The molecular formula is C16H21F3N2O5. The van der Waals surface area contributed by atoms with E-state index in [4.69, 9.17) is 9.94 Å². The van der Waals surface area contributed by atoms with Crippen molar-refractivity contribution in [3.63, 3.8) is 0 Å². The molecule has 0 saturated carbocycles. The van der Waals surface area contributed by atoms with E-state index in [0.717, 1.165) is 19.1 Å². The number of halogens is 3. The molecule has 2 amide bonds. The van der Waals surface area contributed by atoms with E-state index in [0.29, 0.717) is 6.07 Å². The molecule has 10 heteroatoms. The van der Waals surface area contributed by atoms with Crippen molar-refractivity contribution in [2.75, 3.05) is 6.61 Å². The number of nitrogens with one attached hydrogen (secondary N) is 2. The third-order valence-electron chi connectivity index (χ3n) is 3.07. The smallest absolute Gasteiger partial charge is 0.419 e. The van der Waals surface area contributed by atoms with E-state index in [-0.39, 0.29) is 14.0 Å². The van der Waals surface area contributed by atoms with Gasteiger partial charge in [0.25, 0.3) is 11.8 Å². The molecule has 4 N–H and O–H groups in total. The van der Waals surface area contributed by atoms with Crippen LogP contribution in [0.4, 0.5) is 13.2 Å². The summed E-state index contributed by atoms with van der Waals surface area (Å²) < 4.78 is 44.3. The van der Waals surface area contributed by atoms with Crippen LogP contribution in [0, 0.1) is 0 Å². The quantitative estimate of drug-likeness (QED) is 0.329. The molecule has 0 unspecified atom stereocenters. The zero-order chi connectivity index (χ0) is 19.2. The van der Waals surface area contributed by atoms with Crippen LogP contribution >= 0.6 is 0 Å². The normalized spacial score (nSPS) is 13.0. The highest BCUT2D eigenvalue weighted by Gasteiger charge is 2.35. The molecular weight excluding hydrogens is 357 g/mol. The SMILES string of the molecule is C.C=CCOc1ccc(C(=O)N[C@H](C(=O)NO)[C@@H](C)O)cc1C(F)(F)F. The van der Waals surface area contributed by atoms with Crippen LogP contribution in [-0.4, -0.2) is 40.9 Å². The molecule has 1 rings (SSSR count). The van der Waals surface area contributed by atoms with Gasteiger partial charge < -0.3 is 15.2 Å². The van der Waals surface area contributed by atoms with Crippen molar-refractivity contribution in [1.29, 1.82) is 0 Å². The maximum atomic E-state index is 13.1. The van der Waals surface area contributed by atoms with E-state index in [2.05, 4.69) is 6.58 Å². The number of hydrogen-bond acceptors (Lipinski definition) is 5. The predicted molar refractivity (Wildman–Crippen MR) is 86.7 cm³/mol. The second kappa shape index (κ2) is 9.78. The molecule has 0 saturated heterocycles. The first-order valence-corrected chi connectivity index (χ1v) is 6.99. The summed E-state index contributed by atoms with van der Waals surface area (Å²) in [6, 6.07) is 1.04. The predicted octanol–water partition coefficient (Wildman–Crippen LogP) is 1.89. The van der Waals surface area contributed by atoms with Gasteiger partial charge >= 0.3 is 6.18 Å². The molecule has 2 atom stereocenters. The van der Waals surface area contributed by atoms with Gasteiger partial charge in [-0.25, -0.2) is 5.48 Å². The Kier molecular flexibility index (Phi) is 8.81. The first-order valence-electron chi connectivity index (χ1n) is 6.99. The Morgan fingerprint density at radius 1 is 1.38 bits per heavy atom. The number of rotatable bonds is 7. The number of aliphatic hydroxyl groups is 1. The van der Waals surface area contributed by atoms with Crippen LogP contribution in [0.2, 0.25) is 0 Å². The Balaban J connectivity index is 0.00000625. The standard InChI is InChI=1S/C15H17F3N2O5.CH4/c1-3-6-25-11-5-4-9(7-10(11)15(16,17)18)13(22)19-12(8(2)21)14(23)20-24;/h3-5,7-8,12,21,24H,1,6H2,2H3,(H,19,22)(H,20,23);1H4/t8-,12+;/m1./s1. The average Bonchev–Trinajstić information content (AvgIpc) is 2.55. The topological polar surface area (TPSA) is 108 Å². The summed E-state index contributed by atoms with van der Waals surface area (Å²) in [6.45, 7) is 4.34. The number of hydrogen-bond donors (Lipinski definition) is 4. The number of aliphatic hydroxyl groups excluding tert-OH is 1. The van der Waals surface area contributed by atoms with E-state index in [1.165, 1.54) is 11.6 Å². The number of hydroxylamine groups is 1. The Hall–Kier alpha value is -2.59. The molecule has 7 nitrogen and oxygen atoms in total. The van der Waals surface area contributed by atoms with E-state index in [1.807, 2.05) is 5.32 Å². The average molecular weight is 378 g/mol. The van der Waals surface area contributed by atoms with Gasteiger partial charge in [-0.2, -0.15) is 13.2 Å². The molecule has 1 aromatic carbocycles. The van der Waals surface area contributed by atoms with E-state index < -0.39 is 47.0 Å². The van der Waals surface area contributed by atoms with Crippen molar-refractivity contribution >= 4 is 11.8 Å². The van der Waals surface area contributed by atoms with Crippen molar-refractivity contribution < 1.29 is 37.8 Å². The largest absolute Gasteiger partial charge is 0.489 e. The van der Waals surface area contributed by atoms with Crippen LogP contribution in [0.5, 0.6) is 5.75 Å². The Morgan fingerprint density at radius 3 is 2.46 bits per heavy atom. The number of alkyl halides is 3. The van der Waals surface area contributed by atoms with Gasteiger partial charge in [-0.1, -0.05) is 20.1 Å². The third kappa shape index (κ3) is 6.05. The van der Waals surface area contributed by atoms with Crippen molar-refractivity contribution in [3.05, 3.63) is 42.0 Å². The molecule has 0 heterocycles. The minimum Gasteiger partial charge on any atom is -0.489 e. The summed E-state index contributed by atoms with van der Waals surface area (Å²) in [7, 11) is 0. The molecule has 0 aliphatic carbocycles. The van der Waals surface area contributed by atoms with Gasteiger partial charge in [-0.05, 0) is 25.1 Å². The lowest BCUT2D eigenvalue weighted by molar-refractivity contribution is -0.139. The maximum Gasteiger partial charge on any atom is 0.419 e. The summed E-state index contributed by atoms with van der Waals surface area (Å²) >= 11 is 0. The number of amides is 2. The van der Waals surface area contributed by atoms with Gasteiger partial charge in [0.15, 0.2) is 0 Å². The van der Waals surface area contributed by atoms with E-state index in [9.17, 15) is 27.9 Å². The first-order chi connectivity index (χ1) is 11.6. The molecule has 0 aromatic heterocycles. The summed E-state index contributed by atoms with van der Waals surface area (Å²) in [5.74, 6) is -2.65. The number of carbonyl (C=O) groups excluding carboxylic acids is 2. The molecule has 0 fully saturated rings. The van der Waals surface area contributed by atoms with Gasteiger partial charge in [0.1, 0.15) is 18.4 Å². The van der Waals surface area contributed by atoms with Crippen LogP contribution in [0.25, 0.3) is 0 Å². The molecule has 0 bridgehead atoms. The fraction of sp³-hybridized carbons (Fsp3) is 0.375. The molecule has 0 radical (unpaired) electrons. The van der Waals surface area contributed by atoms with Crippen molar-refractivity contribution in [1.82, 2.24) is 10.8 Å².